The molecule has 2 aromatic heterocycles. The molecule has 200 valence electrons. The number of fused-ring (bicyclic) bond motifs is 1. The van der Waals surface area contributed by atoms with Gasteiger partial charge < -0.3 is 9.88 Å². The number of aromatic nitrogens is 2. The van der Waals surface area contributed by atoms with Crippen LogP contribution < -0.4 is 5.32 Å². The third-order valence-electron chi connectivity index (χ3n) is 6.63. The topological polar surface area (TPSA) is 70.7 Å². The molecule has 0 fully saturated rings. The lowest BCUT2D eigenvalue weighted by Gasteiger charge is -2.23. The fraction of sp³-hybridized carbons (Fsp3) is 0.281. The van der Waals surface area contributed by atoms with Crippen LogP contribution in [0, 0.1) is 42.2 Å². The van der Waals surface area contributed by atoms with Gasteiger partial charge in [-0.1, -0.05) is 45.0 Å². The highest BCUT2D eigenvalue weighted by Gasteiger charge is 2.27. The van der Waals surface area contributed by atoms with E-state index in [2.05, 4.69) is 32.2 Å². The number of hydrogen-bond acceptors (Lipinski definition) is 3. The SMILES string of the molecule is Cc1cc(C)c2c(C#N)c(/C=C/C(=O)NCCC(C)(C)C)n(C(c3ccc(F)cc3)c3ccc(F)cc3)c2n1. The third-order valence-corrected chi connectivity index (χ3v) is 6.63. The van der Waals surface area contributed by atoms with Gasteiger partial charge >= 0.3 is 0 Å². The van der Waals surface area contributed by atoms with Crippen molar-refractivity contribution >= 4 is 23.0 Å². The second-order valence-corrected chi connectivity index (χ2v) is 11.0. The van der Waals surface area contributed by atoms with Gasteiger partial charge in [-0.3, -0.25) is 4.79 Å². The van der Waals surface area contributed by atoms with Gasteiger partial charge in [0, 0.05) is 23.7 Å². The first-order valence-corrected chi connectivity index (χ1v) is 12.9. The first-order valence-electron chi connectivity index (χ1n) is 12.9. The number of hydrogen-bond donors (Lipinski definition) is 1. The molecule has 1 N–H and O–H groups in total. The number of nitriles is 1. The minimum Gasteiger partial charge on any atom is -0.353 e. The number of pyridine rings is 1. The maximum atomic E-state index is 13.9. The highest BCUT2D eigenvalue weighted by Crippen LogP contribution is 2.37. The number of nitrogens with zero attached hydrogens (tertiary/aromatic N) is 3. The molecular weight excluding hydrogens is 494 g/mol. The van der Waals surface area contributed by atoms with E-state index in [0.717, 1.165) is 28.8 Å². The molecule has 0 bridgehead atoms. The number of carbonyl (C=O) groups is 1. The summed E-state index contributed by atoms with van der Waals surface area (Å²) in [5.41, 5.74) is 4.56. The highest BCUT2D eigenvalue weighted by atomic mass is 19.1. The minimum absolute atomic E-state index is 0.0794. The largest absolute Gasteiger partial charge is 0.353 e. The Bertz CT molecular complexity index is 1530. The average Bonchev–Trinajstić information content (AvgIpc) is 3.17. The van der Waals surface area contributed by atoms with Crippen molar-refractivity contribution in [2.75, 3.05) is 6.54 Å². The predicted octanol–water partition coefficient (Wildman–Crippen LogP) is 7.01. The van der Waals surface area contributed by atoms with Crippen molar-refractivity contribution in [1.82, 2.24) is 14.9 Å². The van der Waals surface area contributed by atoms with Gasteiger partial charge in [0.15, 0.2) is 0 Å². The van der Waals surface area contributed by atoms with Gasteiger partial charge in [0.2, 0.25) is 5.91 Å². The lowest BCUT2D eigenvalue weighted by molar-refractivity contribution is -0.116. The molecule has 4 rings (SSSR count). The predicted molar refractivity (Wildman–Crippen MR) is 150 cm³/mol. The van der Waals surface area contributed by atoms with Crippen LogP contribution in [0.1, 0.15) is 66.9 Å². The van der Waals surface area contributed by atoms with Gasteiger partial charge in [-0.25, -0.2) is 13.8 Å². The van der Waals surface area contributed by atoms with E-state index in [1.54, 1.807) is 30.3 Å². The molecule has 2 heterocycles. The fourth-order valence-electron chi connectivity index (χ4n) is 4.76. The second kappa shape index (κ2) is 11.2. The first kappa shape index (κ1) is 27.7. The molecule has 1 amide bonds. The van der Waals surface area contributed by atoms with E-state index in [0.29, 0.717) is 28.8 Å². The number of amides is 1. The fourth-order valence-corrected chi connectivity index (χ4v) is 4.76. The van der Waals surface area contributed by atoms with Crippen molar-refractivity contribution in [1.29, 1.82) is 5.26 Å². The Morgan fingerprint density at radius 1 is 1.05 bits per heavy atom. The lowest BCUT2D eigenvalue weighted by atomic mass is 9.92. The quantitative estimate of drug-likeness (QED) is 0.264. The van der Waals surface area contributed by atoms with Gasteiger partial charge in [0.05, 0.1) is 17.3 Å². The van der Waals surface area contributed by atoms with Crippen LogP contribution in [0.3, 0.4) is 0 Å². The molecule has 4 aromatic rings. The van der Waals surface area contributed by atoms with Crippen molar-refractivity contribution in [3.63, 3.8) is 0 Å². The van der Waals surface area contributed by atoms with Crippen LogP contribution in [-0.4, -0.2) is 22.0 Å². The molecule has 39 heavy (non-hydrogen) atoms. The molecule has 7 heteroatoms. The Kier molecular flexibility index (Phi) is 7.96. The molecule has 0 spiro atoms. The molecule has 0 unspecified atom stereocenters. The molecule has 0 aliphatic rings. The van der Waals surface area contributed by atoms with Crippen LogP contribution in [0.25, 0.3) is 17.1 Å². The number of nitrogens with one attached hydrogen (secondary N) is 1. The monoisotopic (exact) mass is 526 g/mol. The zero-order chi connectivity index (χ0) is 28.3. The summed E-state index contributed by atoms with van der Waals surface area (Å²) in [6.07, 6.45) is 3.86. The van der Waals surface area contributed by atoms with E-state index in [1.165, 1.54) is 30.3 Å². The zero-order valence-electron chi connectivity index (χ0n) is 22.8. The summed E-state index contributed by atoms with van der Waals surface area (Å²) in [7, 11) is 0. The van der Waals surface area contributed by atoms with E-state index in [9.17, 15) is 18.8 Å². The molecule has 2 aromatic carbocycles. The Morgan fingerprint density at radius 2 is 1.62 bits per heavy atom. The Morgan fingerprint density at radius 3 is 2.13 bits per heavy atom. The third kappa shape index (κ3) is 6.23. The smallest absolute Gasteiger partial charge is 0.244 e. The molecule has 0 aliphatic carbocycles. The van der Waals surface area contributed by atoms with Crippen molar-refractivity contribution in [3.8, 4) is 6.07 Å². The molecule has 0 atom stereocenters. The van der Waals surface area contributed by atoms with Crippen LogP contribution in [0.2, 0.25) is 0 Å². The van der Waals surface area contributed by atoms with Crippen molar-refractivity contribution in [2.45, 2.75) is 47.1 Å². The Balaban J connectivity index is 1.95. The molecule has 5 nitrogen and oxygen atoms in total. The van der Waals surface area contributed by atoms with Crippen LogP contribution in [-0.2, 0) is 4.79 Å². The van der Waals surface area contributed by atoms with Crippen LogP contribution in [0.15, 0.2) is 60.7 Å². The normalized spacial score (nSPS) is 11.9. The highest BCUT2D eigenvalue weighted by molar-refractivity contribution is 5.96. The molecular formula is C32H32F2N4O. The molecule has 0 aliphatic heterocycles. The average molecular weight is 527 g/mol. The number of carbonyl (C=O) groups excluding carboxylic acids is 1. The summed E-state index contributed by atoms with van der Waals surface area (Å²) in [4.78, 5) is 17.6. The minimum atomic E-state index is -0.576. The Labute approximate surface area is 227 Å². The van der Waals surface area contributed by atoms with Crippen molar-refractivity contribution in [3.05, 3.63) is 106 Å². The van der Waals surface area contributed by atoms with Crippen molar-refractivity contribution < 1.29 is 13.6 Å². The summed E-state index contributed by atoms with van der Waals surface area (Å²) in [5, 5.41) is 13.9. The van der Waals surface area contributed by atoms with Gasteiger partial charge in [0.1, 0.15) is 23.4 Å². The van der Waals surface area contributed by atoms with Crippen LogP contribution in [0.5, 0.6) is 0 Å². The first-order chi connectivity index (χ1) is 18.5. The standard InChI is InChI=1S/C32H32F2N4O/c1-20-18-21(2)37-31-29(20)26(19-35)27(14-15-28(39)36-17-16-32(3,4)5)38(31)30(22-6-10-24(33)11-7-22)23-8-12-25(34)13-9-23/h6-15,18,30H,16-17H2,1-5H3,(H,36,39)/b15-14+. The number of halogens is 2. The molecule has 0 saturated heterocycles. The van der Waals surface area contributed by atoms with E-state index in [4.69, 9.17) is 4.98 Å². The summed E-state index contributed by atoms with van der Waals surface area (Å²) in [6.45, 7) is 10.6. The Hall–Kier alpha value is -4.31. The number of rotatable bonds is 7. The number of benzene rings is 2. The summed E-state index contributed by atoms with van der Waals surface area (Å²) < 4.78 is 29.7. The number of aryl methyl sites for hydroxylation is 2. The van der Waals surface area contributed by atoms with Crippen molar-refractivity contribution in [2.24, 2.45) is 5.41 Å². The summed E-state index contributed by atoms with van der Waals surface area (Å²) in [5.74, 6) is -1.05. The molecule has 0 radical (unpaired) electrons. The summed E-state index contributed by atoms with van der Waals surface area (Å²) in [6, 6.07) is 15.8. The lowest BCUT2D eigenvalue weighted by Crippen LogP contribution is -2.25. The van der Waals surface area contributed by atoms with Gasteiger partial charge in [-0.05, 0) is 78.8 Å². The van der Waals surface area contributed by atoms with E-state index < -0.39 is 6.04 Å². The maximum absolute atomic E-state index is 13.9. The van der Waals surface area contributed by atoms with Gasteiger partial charge in [-0.15, -0.1) is 0 Å². The van der Waals surface area contributed by atoms with E-state index in [1.807, 2.05) is 24.5 Å². The second-order valence-electron chi connectivity index (χ2n) is 11.0. The zero-order valence-corrected chi connectivity index (χ0v) is 22.8. The van der Waals surface area contributed by atoms with Gasteiger partial charge in [0.25, 0.3) is 0 Å². The van der Waals surface area contributed by atoms with Crippen LogP contribution in [0.4, 0.5) is 8.78 Å². The van der Waals surface area contributed by atoms with Gasteiger partial charge in [-0.2, -0.15) is 5.26 Å². The van der Waals surface area contributed by atoms with E-state index >= 15 is 0 Å². The van der Waals surface area contributed by atoms with E-state index in [-0.39, 0.29) is 23.0 Å². The maximum Gasteiger partial charge on any atom is 0.244 e. The molecule has 0 saturated carbocycles. The summed E-state index contributed by atoms with van der Waals surface area (Å²) >= 11 is 0. The van der Waals surface area contributed by atoms with Crippen LogP contribution >= 0.6 is 0 Å².